The zero-order valence-electron chi connectivity index (χ0n) is 23.4. The van der Waals surface area contributed by atoms with Crippen LogP contribution in [-0.2, 0) is 32.6 Å². The van der Waals surface area contributed by atoms with E-state index in [1.165, 1.54) is 18.2 Å². The quantitative estimate of drug-likeness (QED) is 0.215. The third-order valence-corrected chi connectivity index (χ3v) is 8.29. The second-order valence-corrected chi connectivity index (χ2v) is 12.7. The minimum absolute atomic E-state index is 0.0258. The molecule has 0 aliphatic carbocycles. The molecule has 1 atom stereocenters. The maximum Gasteiger partial charge on any atom is 0.243 e. The highest BCUT2D eigenvalue weighted by atomic mass is 79.9. The number of amides is 2. The predicted octanol–water partition coefficient (Wildman–Crippen LogP) is 5.69. The lowest BCUT2D eigenvalue weighted by Crippen LogP contribution is -2.50. The molecule has 0 radical (unpaired) electrons. The van der Waals surface area contributed by atoms with Gasteiger partial charge in [-0.15, -0.1) is 0 Å². The van der Waals surface area contributed by atoms with Crippen LogP contribution in [0.15, 0.2) is 83.3 Å². The van der Waals surface area contributed by atoms with Crippen LogP contribution in [0.5, 0.6) is 0 Å². The normalized spacial score (nSPS) is 12.0. The molecular weight excluding hydrogens is 609 g/mol. The average molecular weight is 647 g/mol. The molecule has 0 fully saturated rings. The maximum atomic E-state index is 14.5. The number of carbonyl (C=O) groups excluding carboxylic acids is 2. The summed E-state index contributed by atoms with van der Waals surface area (Å²) in [5.41, 5.74) is 1.69. The maximum absolute atomic E-state index is 14.5. The van der Waals surface area contributed by atoms with Crippen molar-refractivity contribution in [1.29, 1.82) is 0 Å². The van der Waals surface area contributed by atoms with Gasteiger partial charge >= 0.3 is 0 Å². The number of para-hydroxylation sites is 1. The molecule has 3 aromatic rings. The van der Waals surface area contributed by atoms with Gasteiger partial charge in [-0.2, -0.15) is 0 Å². The van der Waals surface area contributed by atoms with Gasteiger partial charge in [0.2, 0.25) is 21.8 Å². The van der Waals surface area contributed by atoms with Crippen molar-refractivity contribution in [3.8, 4) is 0 Å². The molecule has 10 heteroatoms. The molecule has 220 valence electrons. The number of unbranched alkanes of at least 4 members (excludes halogenated alkanes) is 1. The minimum atomic E-state index is -3.80. The number of hydrogen-bond acceptors (Lipinski definition) is 4. The molecular formula is C31H37BrFN3O4S. The van der Waals surface area contributed by atoms with Gasteiger partial charge in [0.1, 0.15) is 11.9 Å². The molecule has 0 aliphatic rings. The van der Waals surface area contributed by atoms with Gasteiger partial charge in [-0.05, 0) is 48.2 Å². The van der Waals surface area contributed by atoms with E-state index in [4.69, 9.17) is 0 Å². The predicted molar refractivity (Wildman–Crippen MR) is 164 cm³/mol. The molecule has 7 nitrogen and oxygen atoms in total. The van der Waals surface area contributed by atoms with Crippen molar-refractivity contribution >= 4 is 43.5 Å². The highest BCUT2D eigenvalue weighted by Crippen LogP contribution is 2.23. The Labute approximate surface area is 250 Å². The Morgan fingerprint density at radius 1 is 0.951 bits per heavy atom. The number of sulfonamides is 1. The first-order chi connectivity index (χ1) is 19.6. The molecule has 0 saturated carbocycles. The van der Waals surface area contributed by atoms with E-state index in [0.717, 1.165) is 39.0 Å². The lowest BCUT2D eigenvalue weighted by molar-refractivity contribution is -0.141. The largest absolute Gasteiger partial charge is 0.354 e. The van der Waals surface area contributed by atoms with E-state index >= 15 is 0 Å². The molecule has 0 aromatic heterocycles. The molecule has 0 saturated heterocycles. The van der Waals surface area contributed by atoms with Crippen LogP contribution in [0, 0.1) is 5.82 Å². The van der Waals surface area contributed by atoms with Gasteiger partial charge in [0.05, 0.1) is 11.9 Å². The Balaban J connectivity index is 1.88. The van der Waals surface area contributed by atoms with E-state index < -0.39 is 21.9 Å². The highest BCUT2D eigenvalue weighted by molar-refractivity contribution is 9.10. The van der Waals surface area contributed by atoms with Crippen LogP contribution in [0.2, 0.25) is 0 Å². The fourth-order valence-corrected chi connectivity index (χ4v) is 5.94. The van der Waals surface area contributed by atoms with Gasteiger partial charge in [0.15, 0.2) is 0 Å². The van der Waals surface area contributed by atoms with Crippen molar-refractivity contribution in [3.63, 3.8) is 0 Å². The number of halogens is 2. The topological polar surface area (TPSA) is 86.8 Å². The zero-order valence-corrected chi connectivity index (χ0v) is 25.8. The fraction of sp³-hybridized carbons (Fsp3) is 0.355. The number of rotatable bonds is 15. The van der Waals surface area contributed by atoms with Gasteiger partial charge in [-0.25, -0.2) is 12.8 Å². The van der Waals surface area contributed by atoms with Crippen molar-refractivity contribution in [2.75, 3.05) is 23.7 Å². The SMILES string of the molecule is CCCCNC(=O)[C@@H](Cc1ccccc1)N(Cc1cccc(Br)c1)C(=O)CCCN(c1ccccc1F)S(C)(=O)=O. The molecule has 1 N–H and O–H groups in total. The summed E-state index contributed by atoms with van der Waals surface area (Å²) in [6.07, 6.45) is 3.19. The van der Waals surface area contributed by atoms with E-state index in [2.05, 4.69) is 21.2 Å². The van der Waals surface area contributed by atoms with Crippen molar-refractivity contribution in [1.82, 2.24) is 10.2 Å². The second-order valence-electron chi connectivity index (χ2n) is 9.89. The Hall–Kier alpha value is -3.24. The van der Waals surface area contributed by atoms with Crippen molar-refractivity contribution < 1.29 is 22.4 Å². The third kappa shape index (κ3) is 9.97. The summed E-state index contributed by atoms with van der Waals surface area (Å²) in [6.45, 7) is 2.66. The first-order valence-corrected chi connectivity index (χ1v) is 16.3. The highest BCUT2D eigenvalue weighted by Gasteiger charge is 2.30. The summed E-state index contributed by atoms with van der Waals surface area (Å²) in [5.74, 6) is -1.19. The summed E-state index contributed by atoms with van der Waals surface area (Å²) in [7, 11) is -3.80. The van der Waals surface area contributed by atoms with Crippen molar-refractivity contribution in [3.05, 3.63) is 100 Å². The first-order valence-electron chi connectivity index (χ1n) is 13.7. The smallest absolute Gasteiger partial charge is 0.243 e. The van der Waals surface area contributed by atoms with Crippen LogP contribution < -0.4 is 9.62 Å². The van der Waals surface area contributed by atoms with Gasteiger partial charge in [-0.1, -0.05) is 83.9 Å². The molecule has 0 heterocycles. The standard InChI is InChI=1S/C31H37BrFN3O4S/c1-3-4-19-34-31(38)29(22-24-12-6-5-7-13-24)35(23-25-14-10-15-26(32)21-25)30(37)18-11-20-36(41(2,39)40)28-17-9-8-16-27(28)33/h5-10,12-17,21,29H,3-4,11,18-20,22-23H2,1-2H3,(H,34,38)/t29-/m1/s1. The third-order valence-electron chi connectivity index (χ3n) is 6.62. The number of nitrogens with one attached hydrogen (secondary N) is 1. The molecule has 3 aromatic carbocycles. The molecule has 41 heavy (non-hydrogen) atoms. The van der Waals surface area contributed by atoms with Gasteiger partial charge in [-0.3, -0.25) is 13.9 Å². The first kappa shape index (κ1) is 32.3. The number of hydrogen-bond donors (Lipinski definition) is 1. The Morgan fingerprint density at radius 3 is 2.29 bits per heavy atom. The Bertz CT molecular complexity index is 1410. The summed E-state index contributed by atoms with van der Waals surface area (Å²) in [4.78, 5) is 28.9. The van der Waals surface area contributed by atoms with Crippen LogP contribution in [0.3, 0.4) is 0 Å². The van der Waals surface area contributed by atoms with E-state index in [1.807, 2.05) is 61.5 Å². The van der Waals surface area contributed by atoms with E-state index in [9.17, 15) is 22.4 Å². The number of anilines is 1. The number of benzene rings is 3. The Morgan fingerprint density at radius 2 is 1.63 bits per heavy atom. The van der Waals surface area contributed by atoms with Crippen molar-refractivity contribution in [2.24, 2.45) is 0 Å². The summed E-state index contributed by atoms with van der Waals surface area (Å²) in [6, 6.07) is 21.9. The van der Waals surface area contributed by atoms with Crippen LogP contribution in [-0.4, -0.2) is 50.5 Å². The van der Waals surface area contributed by atoms with E-state index in [1.54, 1.807) is 11.0 Å². The summed E-state index contributed by atoms with van der Waals surface area (Å²) < 4.78 is 41.3. The minimum Gasteiger partial charge on any atom is -0.354 e. The number of nitrogens with zero attached hydrogens (tertiary/aromatic N) is 2. The molecule has 2 amide bonds. The van der Waals surface area contributed by atoms with Crippen LogP contribution in [0.4, 0.5) is 10.1 Å². The van der Waals surface area contributed by atoms with Gasteiger partial charge in [0.25, 0.3) is 0 Å². The monoisotopic (exact) mass is 645 g/mol. The van der Waals surface area contributed by atoms with Crippen LogP contribution in [0.1, 0.15) is 43.7 Å². The molecule has 3 rings (SSSR count). The molecule has 0 aliphatic heterocycles. The number of carbonyl (C=O) groups is 2. The molecule has 0 spiro atoms. The van der Waals surface area contributed by atoms with Crippen LogP contribution in [0.25, 0.3) is 0 Å². The van der Waals surface area contributed by atoms with Crippen LogP contribution >= 0.6 is 15.9 Å². The summed E-state index contributed by atoms with van der Waals surface area (Å²) in [5, 5.41) is 2.99. The zero-order chi connectivity index (χ0) is 29.8. The molecule has 0 bridgehead atoms. The average Bonchev–Trinajstić information content (AvgIpc) is 2.93. The van der Waals surface area contributed by atoms with Gasteiger partial charge < -0.3 is 10.2 Å². The molecule has 0 unspecified atom stereocenters. The van der Waals surface area contributed by atoms with Crippen molar-refractivity contribution in [2.45, 2.75) is 51.6 Å². The van der Waals surface area contributed by atoms with E-state index in [-0.39, 0.29) is 43.4 Å². The van der Waals surface area contributed by atoms with Gasteiger partial charge in [0, 0.05) is 36.9 Å². The lowest BCUT2D eigenvalue weighted by Gasteiger charge is -2.32. The lowest BCUT2D eigenvalue weighted by atomic mass is 10.0. The summed E-state index contributed by atoms with van der Waals surface area (Å²) >= 11 is 3.48. The second kappa shape index (κ2) is 15.7. The van der Waals surface area contributed by atoms with E-state index in [0.29, 0.717) is 13.0 Å². The Kier molecular flexibility index (Phi) is 12.3. The fourth-order valence-electron chi connectivity index (χ4n) is 4.53.